The predicted octanol–water partition coefficient (Wildman–Crippen LogP) is 2.28. The number of carbonyl (C=O) groups excluding carboxylic acids is 2. The fourth-order valence-corrected chi connectivity index (χ4v) is 2.21. The van der Waals surface area contributed by atoms with Gasteiger partial charge >= 0.3 is 18.3 Å². The quantitative estimate of drug-likeness (QED) is 0.579. The summed E-state index contributed by atoms with van der Waals surface area (Å²) in [5.41, 5.74) is 0. The Kier molecular flexibility index (Phi) is 5.11. The zero-order valence-corrected chi connectivity index (χ0v) is 10.9. The molecule has 122 valence electrons. The fourth-order valence-electron chi connectivity index (χ4n) is 2.21. The third kappa shape index (κ3) is 4.01. The van der Waals surface area contributed by atoms with Gasteiger partial charge in [-0.1, -0.05) is 0 Å². The number of halogens is 6. The summed E-state index contributed by atoms with van der Waals surface area (Å²) < 4.78 is 79.6. The Balaban J connectivity index is 3.09. The Morgan fingerprint density at radius 1 is 1.10 bits per heavy atom. The van der Waals surface area contributed by atoms with Gasteiger partial charge in [-0.3, -0.25) is 4.79 Å². The van der Waals surface area contributed by atoms with E-state index in [1.807, 2.05) is 0 Å². The van der Waals surface area contributed by atoms with Crippen LogP contribution in [0.4, 0.5) is 26.3 Å². The average Bonchev–Trinajstić information content (AvgIpc) is 2.34. The van der Waals surface area contributed by atoms with Crippen molar-refractivity contribution < 1.29 is 40.7 Å². The Labute approximate surface area is 116 Å². The molecule has 0 spiro atoms. The predicted molar refractivity (Wildman–Crippen MR) is 57.0 cm³/mol. The molecule has 1 amide bonds. The van der Waals surface area contributed by atoms with Gasteiger partial charge in [0.1, 0.15) is 6.04 Å². The van der Waals surface area contributed by atoms with Crippen LogP contribution in [-0.2, 0) is 14.3 Å². The minimum absolute atomic E-state index is 0.0269. The molecule has 1 saturated heterocycles. The highest BCUT2D eigenvalue weighted by Crippen LogP contribution is 2.41. The van der Waals surface area contributed by atoms with Gasteiger partial charge < -0.3 is 9.64 Å². The van der Waals surface area contributed by atoms with Gasteiger partial charge in [0.25, 0.3) is 0 Å². The Hall–Kier alpha value is -1.48. The van der Waals surface area contributed by atoms with Gasteiger partial charge in [-0.05, 0) is 19.3 Å². The number of nitrogens with zero attached hydrogens (tertiary/aromatic N) is 1. The lowest BCUT2D eigenvalue weighted by Gasteiger charge is -2.36. The number of esters is 1. The van der Waals surface area contributed by atoms with Gasteiger partial charge in [0.05, 0.1) is 7.11 Å². The summed E-state index contributed by atoms with van der Waals surface area (Å²) in [5, 5.41) is 0. The second kappa shape index (κ2) is 6.10. The number of ether oxygens (including phenoxy) is 1. The Morgan fingerprint density at radius 2 is 1.62 bits per heavy atom. The second-order valence-corrected chi connectivity index (χ2v) is 4.58. The third-order valence-corrected chi connectivity index (χ3v) is 3.16. The van der Waals surface area contributed by atoms with E-state index in [-0.39, 0.29) is 19.4 Å². The lowest BCUT2D eigenvalue weighted by atomic mass is 9.98. The van der Waals surface area contributed by atoms with Crippen LogP contribution in [0.15, 0.2) is 0 Å². The molecule has 10 heteroatoms. The molecule has 0 saturated carbocycles. The number of piperidine rings is 1. The van der Waals surface area contributed by atoms with Crippen LogP contribution in [0.1, 0.15) is 19.3 Å². The maximum absolute atomic E-state index is 12.5. The molecule has 0 radical (unpaired) electrons. The molecule has 0 unspecified atom stereocenters. The van der Waals surface area contributed by atoms with E-state index < -0.39 is 36.2 Å². The van der Waals surface area contributed by atoms with Gasteiger partial charge in [0.15, 0.2) is 0 Å². The molecule has 1 heterocycles. The smallest absolute Gasteiger partial charge is 0.409 e. The molecule has 1 rings (SSSR count). The van der Waals surface area contributed by atoms with Crippen molar-refractivity contribution in [1.82, 2.24) is 4.90 Å². The number of alkyl halides is 6. The number of hydrogen-bond acceptors (Lipinski definition) is 3. The number of likely N-dealkylation sites (tertiary alicyclic amines) is 1. The van der Waals surface area contributed by atoms with E-state index in [4.69, 9.17) is 0 Å². The van der Waals surface area contributed by atoms with Crippen LogP contribution in [0.5, 0.6) is 0 Å². The average molecular weight is 321 g/mol. The van der Waals surface area contributed by atoms with Gasteiger partial charge in [-0.15, -0.1) is 0 Å². The van der Waals surface area contributed by atoms with Crippen molar-refractivity contribution in [2.75, 3.05) is 13.7 Å². The molecule has 0 N–H and O–H groups in total. The monoisotopic (exact) mass is 321 g/mol. The van der Waals surface area contributed by atoms with Crippen LogP contribution in [-0.4, -0.2) is 48.8 Å². The summed E-state index contributed by atoms with van der Waals surface area (Å²) in [7, 11) is 0.949. The van der Waals surface area contributed by atoms with E-state index in [0.29, 0.717) is 11.3 Å². The molecule has 1 aliphatic rings. The number of methoxy groups -OCH3 is 1. The molecule has 0 bridgehead atoms. The topological polar surface area (TPSA) is 46.6 Å². The van der Waals surface area contributed by atoms with Crippen LogP contribution >= 0.6 is 0 Å². The van der Waals surface area contributed by atoms with E-state index >= 15 is 0 Å². The van der Waals surface area contributed by atoms with Crippen LogP contribution in [0.2, 0.25) is 0 Å². The lowest BCUT2D eigenvalue weighted by molar-refractivity contribution is -0.278. The number of carbonyl (C=O) groups is 2. The molecule has 4 nitrogen and oxygen atoms in total. The van der Waals surface area contributed by atoms with Crippen molar-refractivity contribution in [2.24, 2.45) is 5.92 Å². The van der Waals surface area contributed by atoms with Crippen LogP contribution < -0.4 is 0 Å². The first-order valence-electron chi connectivity index (χ1n) is 6.02. The van der Waals surface area contributed by atoms with Gasteiger partial charge in [0, 0.05) is 6.54 Å². The molecular weight excluding hydrogens is 308 g/mol. The van der Waals surface area contributed by atoms with Crippen LogP contribution in [0, 0.1) is 5.92 Å². The van der Waals surface area contributed by atoms with E-state index in [1.54, 1.807) is 0 Å². The molecule has 21 heavy (non-hydrogen) atoms. The molecule has 0 aromatic carbocycles. The number of rotatable bonds is 2. The molecular formula is C11H13F6NO3. The molecule has 1 aliphatic heterocycles. The van der Waals surface area contributed by atoms with Crippen LogP contribution in [0.3, 0.4) is 0 Å². The zero-order chi connectivity index (χ0) is 16.4. The third-order valence-electron chi connectivity index (χ3n) is 3.16. The first-order chi connectivity index (χ1) is 9.50. The molecule has 1 atom stereocenters. The molecule has 0 aromatic heterocycles. The molecule has 1 fully saturated rings. The number of hydrogen-bond donors (Lipinski definition) is 0. The standard InChI is InChI=1S/C11H13F6NO3/c1-21-9(20)6-4-2-3-5-18(6)8(19)7(10(12,13)14)11(15,16)17/h6-7H,2-5H2,1H3/t6-/m1/s1. The fraction of sp³-hybridized carbons (Fsp3) is 0.818. The van der Waals surface area contributed by atoms with Crippen molar-refractivity contribution in [3.63, 3.8) is 0 Å². The maximum Gasteiger partial charge on any atom is 0.409 e. The van der Waals surface area contributed by atoms with E-state index in [1.165, 1.54) is 0 Å². The summed E-state index contributed by atoms with van der Waals surface area (Å²) in [5.74, 6) is -7.31. The first-order valence-corrected chi connectivity index (χ1v) is 6.02. The van der Waals surface area contributed by atoms with E-state index in [0.717, 1.165) is 7.11 Å². The summed E-state index contributed by atoms with van der Waals surface area (Å²) in [6.45, 7) is -0.346. The minimum atomic E-state index is -5.77. The summed E-state index contributed by atoms with van der Waals surface area (Å²) in [4.78, 5) is 23.4. The lowest BCUT2D eigenvalue weighted by Crippen LogP contribution is -2.56. The van der Waals surface area contributed by atoms with Gasteiger partial charge in [0.2, 0.25) is 11.8 Å². The Morgan fingerprint density at radius 3 is 2.05 bits per heavy atom. The summed E-state index contributed by atoms with van der Waals surface area (Å²) in [6.07, 6.45) is -10.9. The summed E-state index contributed by atoms with van der Waals surface area (Å²) >= 11 is 0. The van der Waals surface area contributed by atoms with Crippen molar-refractivity contribution in [3.8, 4) is 0 Å². The van der Waals surface area contributed by atoms with Crippen molar-refractivity contribution in [2.45, 2.75) is 37.7 Å². The molecule has 0 aromatic rings. The Bertz CT molecular complexity index is 392. The van der Waals surface area contributed by atoms with Crippen LogP contribution in [0.25, 0.3) is 0 Å². The minimum Gasteiger partial charge on any atom is -0.467 e. The maximum atomic E-state index is 12.5. The number of amides is 1. The highest BCUT2D eigenvalue weighted by Gasteiger charge is 2.62. The molecule has 0 aliphatic carbocycles. The summed E-state index contributed by atoms with van der Waals surface area (Å²) in [6, 6.07) is -1.41. The van der Waals surface area contributed by atoms with E-state index in [2.05, 4.69) is 4.74 Å². The highest BCUT2D eigenvalue weighted by atomic mass is 19.4. The highest BCUT2D eigenvalue weighted by molar-refractivity contribution is 5.87. The second-order valence-electron chi connectivity index (χ2n) is 4.58. The van der Waals surface area contributed by atoms with Crippen molar-refractivity contribution in [3.05, 3.63) is 0 Å². The van der Waals surface area contributed by atoms with Crippen molar-refractivity contribution in [1.29, 1.82) is 0 Å². The normalized spacial score (nSPS) is 20.6. The largest absolute Gasteiger partial charge is 0.467 e. The SMILES string of the molecule is COC(=O)[C@H]1CCCCN1C(=O)C(C(F)(F)F)C(F)(F)F. The van der Waals surface area contributed by atoms with Gasteiger partial charge in [-0.25, -0.2) is 4.79 Å². The van der Waals surface area contributed by atoms with Gasteiger partial charge in [-0.2, -0.15) is 26.3 Å². The van der Waals surface area contributed by atoms with E-state index in [9.17, 15) is 35.9 Å². The first kappa shape index (κ1) is 17.6. The zero-order valence-electron chi connectivity index (χ0n) is 10.9. The van der Waals surface area contributed by atoms with Crippen molar-refractivity contribution >= 4 is 11.9 Å².